The Hall–Kier alpha value is -2.87. The van der Waals surface area contributed by atoms with E-state index in [-0.39, 0.29) is 5.56 Å². The minimum Gasteiger partial charge on any atom is -0.361 e. The fraction of sp³-hybridized carbons (Fsp3) is 0.364. The van der Waals surface area contributed by atoms with Crippen molar-refractivity contribution < 1.29 is 4.52 Å². The maximum Gasteiger partial charge on any atom is 0.284 e. The second-order valence-corrected chi connectivity index (χ2v) is 8.59. The summed E-state index contributed by atoms with van der Waals surface area (Å²) in [6.07, 6.45) is 4.18. The summed E-state index contributed by atoms with van der Waals surface area (Å²) in [5.74, 6) is 2.09. The standard InChI is InChI=1S/C22H23N5O2S/c1-14-17(15(2)29-25-14)13-30-22-23-20-19(18-11-7-4-8-12-26(18)22)21(28)27(24-20)16-9-5-3-6-10-16/h3,5-6,9-10H,4,7-8,11-13H2,1-2H3. The van der Waals surface area contributed by atoms with E-state index < -0.39 is 0 Å². The zero-order valence-electron chi connectivity index (χ0n) is 17.1. The summed E-state index contributed by atoms with van der Waals surface area (Å²) in [6, 6.07) is 9.54. The molecule has 0 unspecified atom stereocenters. The van der Waals surface area contributed by atoms with Crippen LogP contribution in [0.3, 0.4) is 0 Å². The van der Waals surface area contributed by atoms with E-state index in [0.717, 1.165) is 71.5 Å². The first kappa shape index (κ1) is 19.1. The molecule has 0 aliphatic carbocycles. The molecule has 0 fully saturated rings. The molecular formula is C22H23N5O2S. The molecule has 1 aromatic heterocycles. The zero-order valence-corrected chi connectivity index (χ0v) is 17.9. The van der Waals surface area contributed by atoms with Crippen molar-refractivity contribution in [3.8, 4) is 17.1 Å². The number of rotatable bonds is 4. The van der Waals surface area contributed by atoms with Crippen LogP contribution < -0.4 is 5.56 Å². The molecule has 0 saturated heterocycles. The SMILES string of the molecule is Cc1noc(C)c1CSc1nc2nn(-c3ccccc3)c(=O)c-2c2n1CCCCC2. The van der Waals surface area contributed by atoms with Crippen molar-refractivity contribution in [3.05, 3.63) is 63.4 Å². The molecule has 0 saturated carbocycles. The number of aromatic nitrogens is 5. The van der Waals surface area contributed by atoms with Gasteiger partial charge in [-0.05, 0) is 45.2 Å². The summed E-state index contributed by atoms with van der Waals surface area (Å²) < 4.78 is 9.02. The Morgan fingerprint density at radius 1 is 1.13 bits per heavy atom. The summed E-state index contributed by atoms with van der Waals surface area (Å²) >= 11 is 1.66. The Morgan fingerprint density at radius 2 is 1.97 bits per heavy atom. The second-order valence-electron chi connectivity index (χ2n) is 7.65. The lowest BCUT2D eigenvalue weighted by Gasteiger charge is -2.17. The van der Waals surface area contributed by atoms with Crippen molar-refractivity contribution >= 4 is 11.8 Å². The summed E-state index contributed by atoms with van der Waals surface area (Å²) in [5.41, 5.74) is 4.40. The van der Waals surface area contributed by atoms with Crippen LogP contribution in [0.1, 0.15) is 42.0 Å². The minimum absolute atomic E-state index is 0.0865. The highest BCUT2D eigenvalue weighted by Crippen LogP contribution is 2.32. The number of benzene rings is 1. The molecule has 2 aromatic rings. The van der Waals surface area contributed by atoms with Crippen molar-refractivity contribution in [3.63, 3.8) is 0 Å². The van der Waals surface area contributed by atoms with E-state index >= 15 is 0 Å². The topological polar surface area (TPSA) is 78.7 Å². The van der Waals surface area contributed by atoms with E-state index in [0.29, 0.717) is 11.4 Å². The Labute approximate surface area is 178 Å². The average Bonchev–Trinajstić information content (AvgIpc) is 3.13. The monoisotopic (exact) mass is 421 g/mol. The molecule has 0 amide bonds. The van der Waals surface area contributed by atoms with Gasteiger partial charge < -0.3 is 9.09 Å². The van der Waals surface area contributed by atoms with Crippen molar-refractivity contribution in [2.45, 2.75) is 57.0 Å². The first-order valence-electron chi connectivity index (χ1n) is 10.3. The van der Waals surface area contributed by atoms with Crippen LogP contribution in [0, 0.1) is 13.8 Å². The fourth-order valence-corrected chi connectivity index (χ4v) is 5.25. The van der Waals surface area contributed by atoms with Crippen molar-refractivity contribution in [1.29, 1.82) is 0 Å². The van der Waals surface area contributed by atoms with Gasteiger partial charge in [0.2, 0.25) is 0 Å². The van der Waals surface area contributed by atoms with Gasteiger partial charge in [0.15, 0.2) is 11.0 Å². The third kappa shape index (κ3) is 3.25. The van der Waals surface area contributed by atoms with Gasteiger partial charge in [-0.25, -0.2) is 4.98 Å². The van der Waals surface area contributed by atoms with Crippen molar-refractivity contribution in [1.82, 2.24) is 24.5 Å². The molecule has 0 bridgehead atoms. The summed E-state index contributed by atoms with van der Waals surface area (Å²) in [4.78, 5) is 18.1. The van der Waals surface area contributed by atoms with E-state index in [2.05, 4.69) is 14.8 Å². The lowest BCUT2D eigenvalue weighted by Crippen LogP contribution is -2.19. The molecule has 8 heteroatoms. The number of hydrogen-bond donors (Lipinski definition) is 0. The fourth-order valence-electron chi connectivity index (χ4n) is 4.05. The van der Waals surface area contributed by atoms with E-state index in [1.807, 2.05) is 44.2 Å². The van der Waals surface area contributed by atoms with E-state index in [1.54, 1.807) is 11.8 Å². The number of thioether (sulfide) groups is 1. The quantitative estimate of drug-likeness (QED) is 0.364. The smallest absolute Gasteiger partial charge is 0.284 e. The predicted molar refractivity (Wildman–Crippen MR) is 115 cm³/mol. The van der Waals surface area contributed by atoms with Crippen LogP contribution in [0.15, 0.2) is 44.8 Å². The average molecular weight is 422 g/mol. The summed E-state index contributed by atoms with van der Waals surface area (Å²) in [6.45, 7) is 4.77. The second kappa shape index (κ2) is 7.75. The van der Waals surface area contributed by atoms with Crippen molar-refractivity contribution in [2.75, 3.05) is 0 Å². The molecule has 4 heterocycles. The van der Waals surface area contributed by atoms with Crippen LogP contribution >= 0.6 is 11.8 Å². The van der Waals surface area contributed by atoms with Gasteiger partial charge in [0.05, 0.1) is 11.4 Å². The Kier molecular flexibility index (Phi) is 4.94. The first-order valence-corrected chi connectivity index (χ1v) is 11.2. The molecule has 0 spiro atoms. The van der Waals surface area contributed by atoms with Gasteiger partial charge in [-0.1, -0.05) is 41.5 Å². The van der Waals surface area contributed by atoms with Gasteiger partial charge in [0, 0.05) is 23.6 Å². The van der Waals surface area contributed by atoms with Crippen LogP contribution in [-0.4, -0.2) is 24.5 Å². The van der Waals surface area contributed by atoms with Gasteiger partial charge in [0.25, 0.3) is 5.56 Å². The maximum absolute atomic E-state index is 13.3. The molecule has 5 rings (SSSR count). The molecule has 7 nitrogen and oxygen atoms in total. The molecular weight excluding hydrogens is 398 g/mol. The highest BCUT2D eigenvalue weighted by Gasteiger charge is 2.27. The Balaban J connectivity index is 1.63. The van der Waals surface area contributed by atoms with Crippen LogP contribution in [0.5, 0.6) is 0 Å². The Morgan fingerprint density at radius 3 is 2.73 bits per heavy atom. The number of hydrogen-bond acceptors (Lipinski definition) is 6. The van der Waals surface area contributed by atoms with E-state index in [4.69, 9.17) is 9.51 Å². The minimum atomic E-state index is -0.0865. The summed E-state index contributed by atoms with van der Waals surface area (Å²) in [7, 11) is 0. The summed E-state index contributed by atoms with van der Waals surface area (Å²) in [5, 5.41) is 9.55. The molecule has 3 aliphatic rings. The van der Waals surface area contributed by atoms with Gasteiger partial charge in [-0.3, -0.25) is 4.79 Å². The third-order valence-corrected chi connectivity index (χ3v) is 6.70. The predicted octanol–water partition coefficient (Wildman–Crippen LogP) is 4.16. The molecule has 30 heavy (non-hydrogen) atoms. The van der Waals surface area contributed by atoms with E-state index in [9.17, 15) is 4.79 Å². The molecule has 154 valence electrons. The van der Waals surface area contributed by atoms with Gasteiger partial charge in [-0.15, -0.1) is 5.10 Å². The largest absolute Gasteiger partial charge is 0.361 e. The molecule has 0 radical (unpaired) electrons. The molecule has 3 aliphatic heterocycles. The van der Waals surface area contributed by atoms with E-state index in [1.165, 1.54) is 4.68 Å². The Bertz CT molecular complexity index is 1200. The van der Waals surface area contributed by atoms with Crippen molar-refractivity contribution in [2.24, 2.45) is 0 Å². The zero-order chi connectivity index (χ0) is 20.7. The molecule has 0 atom stereocenters. The third-order valence-electron chi connectivity index (χ3n) is 5.69. The highest BCUT2D eigenvalue weighted by molar-refractivity contribution is 7.98. The van der Waals surface area contributed by atoms with Gasteiger partial charge in [-0.2, -0.15) is 4.68 Å². The first-order chi connectivity index (χ1) is 14.6. The van der Waals surface area contributed by atoms with Crippen LogP contribution in [-0.2, 0) is 18.7 Å². The highest BCUT2D eigenvalue weighted by atomic mass is 32.2. The van der Waals surface area contributed by atoms with Gasteiger partial charge >= 0.3 is 0 Å². The molecule has 1 aromatic carbocycles. The number of aryl methyl sites for hydroxylation is 2. The van der Waals surface area contributed by atoms with Gasteiger partial charge in [0.1, 0.15) is 11.3 Å². The molecule has 0 N–H and O–H groups in total. The number of nitrogens with zero attached hydrogens (tertiary/aromatic N) is 5. The van der Waals surface area contributed by atoms with Crippen LogP contribution in [0.4, 0.5) is 0 Å². The number of para-hydroxylation sites is 1. The van der Waals surface area contributed by atoms with Crippen LogP contribution in [0.2, 0.25) is 0 Å². The van der Waals surface area contributed by atoms with Crippen LogP contribution in [0.25, 0.3) is 17.1 Å². The normalized spacial score (nSPS) is 14.1. The lowest BCUT2D eigenvalue weighted by atomic mass is 10.1. The lowest BCUT2D eigenvalue weighted by molar-refractivity contribution is 0.392. The number of fused-ring (bicyclic) bond motifs is 3. The maximum atomic E-state index is 13.3.